The maximum Gasteiger partial charge on any atom is 0.460 e. The molecule has 0 saturated carbocycles. The van der Waals surface area contributed by atoms with E-state index in [9.17, 15) is 35.5 Å². The van der Waals surface area contributed by atoms with Gasteiger partial charge >= 0.3 is 18.0 Å². The summed E-state index contributed by atoms with van der Waals surface area (Å²) in [6.07, 6.45) is -6.05. The molecule has 0 aromatic heterocycles. The molecule has 1 amide bonds. The van der Waals surface area contributed by atoms with E-state index in [2.05, 4.69) is 0 Å². The molecule has 0 aliphatic carbocycles. The molecule has 0 spiro atoms. The summed E-state index contributed by atoms with van der Waals surface area (Å²) in [4.78, 5) is 10.9. The van der Waals surface area contributed by atoms with E-state index >= 15 is 0 Å². The molecule has 124 valence electrons. The van der Waals surface area contributed by atoms with Crippen molar-refractivity contribution in [3.63, 3.8) is 0 Å². The summed E-state index contributed by atoms with van der Waals surface area (Å²) in [6, 6.07) is 8.60. The second-order valence-electron chi connectivity index (χ2n) is 4.49. The van der Waals surface area contributed by atoms with Crippen LogP contribution in [0.25, 0.3) is 0 Å². The Morgan fingerprint density at radius 2 is 1.50 bits per heavy atom. The normalized spacial score (nSPS) is 13.0. The van der Waals surface area contributed by atoms with E-state index in [1.54, 1.807) is 30.3 Å². The first-order chi connectivity index (χ1) is 10.00. The summed E-state index contributed by atoms with van der Waals surface area (Å²) in [7, 11) is 0. The second-order valence-corrected chi connectivity index (χ2v) is 4.49. The Hall–Kier alpha value is -1.80. The van der Waals surface area contributed by atoms with Crippen LogP contribution in [0.4, 0.5) is 30.7 Å². The van der Waals surface area contributed by atoms with Crippen molar-refractivity contribution >= 4 is 5.91 Å². The third-order valence-electron chi connectivity index (χ3n) is 2.81. The van der Waals surface area contributed by atoms with Crippen molar-refractivity contribution in [1.82, 2.24) is 5.32 Å². The van der Waals surface area contributed by atoms with Gasteiger partial charge in [-0.2, -0.15) is 30.7 Å². The highest BCUT2D eigenvalue weighted by Gasteiger charge is 2.76. The van der Waals surface area contributed by atoms with Crippen LogP contribution in [0.3, 0.4) is 0 Å². The highest BCUT2D eigenvalue weighted by Crippen LogP contribution is 2.46. The lowest BCUT2D eigenvalue weighted by molar-refractivity contribution is -0.344. The van der Waals surface area contributed by atoms with Crippen molar-refractivity contribution in [2.75, 3.05) is 6.54 Å². The number of carbonyl (C=O) groups excluding carboxylic acids is 1. The van der Waals surface area contributed by atoms with Gasteiger partial charge < -0.3 is 5.32 Å². The third-order valence-corrected chi connectivity index (χ3v) is 2.81. The average molecular weight is 331 g/mol. The van der Waals surface area contributed by atoms with Gasteiger partial charge in [0.15, 0.2) is 0 Å². The molecule has 22 heavy (non-hydrogen) atoms. The summed E-state index contributed by atoms with van der Waals surface area (Å²) in [5.74, 6) is -14.9. The molecule has 0 heterocycles. The van der Waals surface area contributed by atoms with Crippen molar-refractivity contribution < 1.29 is 35.5 Å². The van der Waals surface area contributed by atoms with E-state index in [-0.39, 0.29) is 6.42 Å². The van der Waals surface area contributed by atoms with Gasteiger partial charge in [0.1, 0.15) is 0 Å². The zero-order valence-corrected chi connectivity index (χ0v) is 11.1. The lowest BCUT2D eigenvalue weighted by atomic mass is 10.1. The minimum absolute atomic E-state index is 0.115. The van der Waals surface area contributed by atoms with Crippen LogP contribution in [-0.4, -0.2) is 30.5 Å². The quantitative estimate of drug-likeness (QED) is 0.627. The summed E-state index contributed by atoms with van der Waals surface area (Å²) < 4.78 is 86.8. The molecule has 9 heteroatoms. The first kappa shape index (κ1) is 18.2. The van der Waals surface area contributed by atoms with Gasteiger partial charge in [0.25, 0.3) is 5.91 Å². The minimum atomic E-state index is -6.52. The fourth-order valence-corrected chi connectivity index (χ4v) is 1.57. The van der Waals surface area contributed by atoms with E-state index in [0.29, 0.717) is 6.42 Å². The van der Waals surface area contributed by atoms with Crippen LogP contribution in [0.15, 0.2) is 30.3 Å². The van der Waals surface area contributed by atoms with Crippen molar-refractivity contribution in [2.24, 2.45) is 0 Å². The van der Waals surface area contributed by atoms with Crippen LogP contribution >= 0.6 is 0 Å². The first-order valence-electron chi connectivity index (χ1n) is 6.14. The molecule has 0 aliphatic heterocycles. The number of benzene rings is 1. The van der Waals surface area contributed by atoms with E-state index in [1.165, 1.54) is 5.32 Å². The number of aryl methyl sites for hydroxylation is 1. The van der Waals surface area contributed by atoms with Gasteiger partial charge in [0, 0.05) is 6.54 Å². The summed E-state index contributed by atoms with van der Waals surface area (Å²) in [5, 5.41) is 1.40. The zero-order valence-electron chi connectivity index (χ0n) is 11.1. The van der Waals surface area contributed by atoms with Gasteiger partial charge in [-0.1, -0.05) is 30.3 Å². The Kier molecular flexibility index (Phi) is 5.42. The molecule has 0 radical (unpaired) electrons. The molecule has 0 bridgehead atoms. The number of amides is 1. The van der Waals surface area contributed by atoms with Crippen molar-refractivity contribution in [1.29, 1.82) is 0 Å². The Labute approximate surface area is 121 Å². The fourth-order valence-electron chi connectivity index (χ4n) is 1.57. The number of halogens is 7. The molecular formula is C13H12F7NO. The van der Waals surface area contributed by atoms with Crippen LogP contribution in [0.5, 0.6) is 0 Å². The standard InChI is InChI=1S/C13H12F7NO/c14-11(15,12(16,17)13(18,19)20)10(22)21-8-4-7-9-5-2-1-3-6-9/h1-3,5-6H,4,7-8H2,(H,21,22). The molecule has 0 saturated heterocycles. The van der Waals surface area contributed by atoms with Gasteiger partial charge in [0.2, 0.25) is 0 Å². The molecule has 0 fully saturated rings. The molecule has 0 unspecified atom stereocenters. The average Bonchev–Trinajstić information content (AvgIpc) is 2.43. The summed E-state index contributed by atoms with van der Waals surface area (Å²) in [5.41, 5.74) is 0.809. The van der Waals surface area contributed by atoms with Crippen molar-refractivity contribution in [2.45, 2.75) is 30.9 Å². The van der Waals surface area contributed by atoms with Crippen LogP contribution in [0.2, 0.25) is 0 Å². The molecular weight excluding hydrogens is 319 g/mol. The van der Waals surface area contributed by atoms with Gasteiger partial charge in [0.05, 0.1) is 0 Å². The largest absolute Gasteiger partial charge is 0.460 e. The smallest absolute Gasteiger partial charge is 0.351 e. The molecule has 2 nitrogen and oxygen atoms in total. The second kappa shape index (κ2) is 6.53. The number of hydrogen-bond donors (Lipinski definition) is 1. The number of alkyl halides is 7. The molecule has 1 N–H and O–H groups in total. The maximum absolute atomic E-state index is 13.0. The lowest BCUT2D eigenvalue weighted by Crippen LogP contribution is -2.59. The number of hydrogen-bond acceptors (Lipinski definition) is 1. The minimum Gasteiger partial charge on any atom is -0.351 e. The van der Waals surface area contributed by atoms with Crippen LogP contribution < -0.4 is 5.32 Å². The number of nitrogens with one attached hydrogen (secondary N) is 1. The molecule has 1 aromatic carbocycles. The Balaban J connectivity index is 2.54. The molecule has 0 aliphatic rings. The van der Waals surface area contributed by atoms with Crippen LogP contribution in [0.1, 0.15) is 12.0 Å². The van der Waals surface area contributed by atoms with Gasteiger partial charge in [-0.05, 0) is 18.4 Å². The predicted molar refractivity (Wildman–Crippen MR) is 63.7 cm³/mol. The van der Waals surface area contributed by atoms with E-state index < -0.39 is 30.5 Å². The highest BCUT2D eigenvalue weighted by atomic mass is 19.4. The first-order valence-corrected chi connectivity index (χ1v) is 6.14. The zero-order chi connectivity index (χ0) is 17.0. The highest BCUT2D eigenvalue weighted by molar-refractivity contribution is 5.84. The summed E-state index contributed by atoms with van der Waals surface area (Å²) >= 11 is 0. The SMILES string of the molecule is O=C(NCCCc1ccccc1)C(F)(F)C(F)(F)C(F)(F)F. The predicted octanol–water partition coefficient (Wildman–Crippen LogP) is 3.57. The third kappa shape index (κ3) is 3.89. The van der Waals surface area contributed by atoms with Crippen molar-refractivity contribution in [3.8, 4) is 0 Å². The van der Waals surface area contributed by atoms with E-state index in [4.69, 9.17) is 0 Å². The number of rotatable bonds is 6. The van der Waals surface area contributed by atoms with Crippen LogP contribution in [-0.2, 0) is 11.2 Å². The van der Waals surface area contributed by atoms with E-state index in [1.807, 2.05) is 0 Å². The Morgan fingerprint density at radius 3 is 2.00 bits per heavy atom. The lowest BCUT2D eigenvalue weighted by Gasteiger charge is -2.27. The van der Waals surface area contributed by atoms with E-state index in [0.717, 1.165) is 5.56 Å². The fraction of sp³-hybridized carbons (Fsp3) is 0.462. The van der Waals surface area contributed by atoms with Crippen LogP contribution in [0, 0.1) is 0 Å². The molecule has 1 aromatic rings. The monoisotopic (exact) mass is 331 g/mol. The van der Waals surface area contributed by atoms with Gasteiger partial charge in [-0.3, -0.25) is 4.79 Å². The maximum atomic E-state index is 13.0. The van der Waals surface area contributed by atoms with Gasteiger partial charge in [-0.15, -0.1) is 0 Å². The molecule has 1 rings (SSSR count). The van der Waals surface area contributed by atoms with Crippen molar-refractivity contribution in [3.05, 3.63) is 35.9 Å². The Morgan fingerprint density at radius 1 is 0.955 bits per heavy atom. The van der Waals surface area contributed by atoms with Gasteiger partial charge in [-0.25, -0.2) is 0 Å². The number of carbonyl (C=O) groups is 1. The molecule has 0 atom stereocenters. The topological polar surface area (TPSA) is 29.1 Å². The Bertz CT molecular complexity index is 499. The summed E-state index contributed by atoms with van der Waals surface area (Å²) in [6.45, 7) is -0.447.